The Balaban J connectivity index is 1.46. The summed E-state index contributed by atoms with van der Waals surface area (Å²) in [6.07, 6.45) is 0. The molecule has 29 heavy (non-hydrogen) atoms. The zero-order valence-corrected chi connectivity index (χ0v) is 17.0. The third kappa shape index (κ3) is 4.01. The van der Waals surface area contributed by atoms with Crippen molar-refractivity contribution in [3.63, 3.8) is 0 Å². The SMILES string of the molecule is CCOc1ccc2cc(C(=O)NCC(C)(C)c3ccc4c(c3)OCCO4)[nH]c2c1. The van der Waals surface area contributed by atoms with E-state index < -0.39 is 0 Å². The van der Waals surface area contributed by atoms with E-state index >= 15 is 0 Å². The second kappa shape index (κ2) is 7.70. The minimum atomic E-state index is -0.264. The summed E-state index contributed by atoms with van der Waals surface area (Å²) in [6, 6.07) is 13.6. The van der Waals surface area contributed by atoms with Crippen molar-refractivity contribution in [1.82, 2.24) is 10.3 Å². The third-order valence-electron chi connectivity index (χ3n) is 5.16. The maximum Gasteiger partial charge on any atom is 0.267 e. The van der Waals surface area contributed by atoms with Crippen LogP contribution in [0.4, 0.5) is 0 Å². The second-order valence-electron chi connectivity index (χ2n) is 7.79. The molecule has 6 nitrogen and oxygen atoms in total. The summed E-state index contributed by atoms with van der Waals surface area (Å²) >= 11 is 0. The number of aromatic nitrogens is 1. The quantitative estimate of drug-likeness (QED) is 0.662. The second-order valence-corrected chi connectivity index (χ2v) is 7.79. The largest absolute Gasteiger partial charge is 0.494 e. The van der Waals surface area contributed by atoms with Gasteiger partial charge in [-0.3, -0.25) is 4.79 Å². The van der Waals surface area contributed by atoms with E-state index in [0.717, 1.165) is 33.7 Å². The molecule has 0 fully saturated rings. The first kappa shape index (κ1) is 19.2. The molecule has 152 valence electrons. The highest BCUT2D eigenvalue weighted by Gasteiger charge is 2.24. The van der Waals surface area contributed by atoms with Crippen molar-refractivity contribution < 1.29 is 19.0 Å². The van der Waals surface area contributed by atoms with Gasteiger partial charge in [0.2, 0.25) is 0 Å². The van der Waals surface area contributed by atoms with Crippen molar-refractivity contribution in [3.05, 3.63) is 53.7 Å². The maximum atomic E-state index is 12.7. The van der Waals surface area contributed by atoms with Gasteiger partial charge < -0.3 is 24.5 Å². The first-order chi connectivity index (χ1) is 14.0. The van der Waals surface area contributed by atoms with Crippen molar-refractivity contribution in [2.45, 2.75) is 26.2 Å². The highest BCUT2D eigenvalue weighted by molar-refractivity contribution is 5.98. The highest BCUT2D eigenvalue weighted by atomic mass is 16.6. The lowest BCUT2D eigenvalue weighted by atomic mass is 9.84. The van der Waals surface area contributed by atoms with E-state index in [1.165, 1.54) is 0 Å². The van der Waals surface area contributed by atoms with Gasteiger partial charge in [-0.2, -0.15) is 0 Å². The van der Waals surface area contributed by atoms with Crippen LogP contribution in [0.25, 0.3) is 10.9 Å². The predicted molar refractivity (Wildman–Crippen MR) is 112 cm³/mol. The summed E-state index contributed by atoms with van der Waals surface area (Å²) in [5, 5.41) is 4.02. The first-order valence-corrected chi connectivity index (χ1v) is 9.90. The Hall–Kier alpha value is -3.15. The van der Waals surface area contributed by atoms with E-state index in [2.05, 4.69) is 24.1 Å². The maximum absolute atomic E-state index is 12.7. The van der Waals surface area contributed by atoms with Crippen LogP contribution in [0.3, 0.4) is 0 Å². The summed E-state index contributed by atoms with van der Waals surface area (Å²) in [6.45, 7) is 8.36. The van der Waals surface area contributed by atoms with Gasteiger partial charge in [0.05, 0.1) is 6.61 Å². The van der Waals surface area contributed by atoms with E-state index in [1.807, 2.05) is 49.4 Å². The molecule has 0 spiro atoms. The summed E-state index contributed by atoms with van der Waals surface area (Å²) in [5.41, 5.74) is 2.23. The lowest BCUT2D eigenvalue weighted by Gasteiger charge is -2.27. The average molecular weight is 394 g/mol. The number of carbonyl (C=O) groups is 1. The Morgan fingerprint density at radius 1 is 1.10 bits per heavy atom. The summed E-state index contributed by atoms with van der Waals surface area (Å²) in [4.78, 5) is 15.9. The Kier molecular flexibility index (Phi) is 5.09. The van der Waals surface area contributed by atoms with E-state index in [4.69, 9.17) is 14.2 Å². The van der Waals surface area contributed by atoms with Gasteiger partial charge in [0, 0.05) is 28.9 Å². The van der Waals surface area contributed by atoms with E-state index in [-0.39, 0.29) is 11.3 Å². The van der Waals surface area contributed by atoms with E-state index in [0.29, 0.717) is 32.1 Å². The number of carbonyl (C=O) groups excluding carboxylic acids is 1. The van der Waals surface area contributed by atoms with Crippen molar-refractivity contribution >= 4 is 16.8 Å². The fourth-order valence-electron chi connectivity index (χ4n) is 3.45. The monoisotopic (exact) mass is 394 g/mol. The molecule has 0 aliphatic carbocycles. The number of rotatable bonds is 6. The Morgan fingerprint density at radius 3 is 2.69 bits per heavy atom. The Bertz CT molecular complexity index is 1040. The molecular weight excluding hydrogens is 368 g/mol. The van der Waals surface area contributed by atoms with Crippen LogP contribution in [0.15, 0.2) is 42.5 Å². The number of nitrogens with one attached hydrogen (secondary N) is 2. The number of benzene rings is 2. The molecule has 1 aromatic heterocycles. The normalized spacial score (nSPS) is 13.3. The number of H-pyrrole nitrogens is 1. The number of aromatic amines is 1. The average Bonchev–Trinajstić information content (AvgIpc) is 3.15. The minimum absolute atomic E-state index is 0.134. The predicted octanol–water partition coefficient (Wildman–Crippen LogP) is 4.05. The third-order valence-corrected chi connectivity index (χ3v) is 5.16. The molecule has 6 heteroatoms. The molecule has 0 atom stereocenters. The molecule has 1 amide bonds. The number of fused-ring (bicyclic) bond motifs is 2. The molecule has 0 saturated carbocycles. The van der Waals surface area contributed by atoms with Gasteiger partial charge >= 0.3 is 0 Å². The highest BCUT2D eigenvalue weighted by Crippen LogP contribution is 2.35. The van der Waals surface area contributed by atoms with Crippen molar-refractivity contribution in [3.8, 4) is 17.2 Å². The van der Waals surface area contributed by atoms with Crippen LogP contribution in [-0.4, -0.2) is 37.3 Å². The zero-order valence-electron chi connectivity index (χ0n) is 17.0. The van der Waals surface area contributed by atoms with Crippen molar-refractivity contribution in [2.24, 2.45) is 0 Å². The smallest absolute Gasteiger partial charge is 0.267 e. The lowest BCUT2D eigenvalue weighted by molar-refractivity contribution is 0.0941. The Labute approximate surface area is 170 Å². The molecule has 0 saturated heterocycles. The fraction of sp³-hybridized carbons (Fsp3) is 0.348. The molecule has 4 rings (SSSR count). The molecule has 2 aromatic carbocycles. The molecule has 0 bridgehead atoms. The van der Waals surface area contributed by atoms with Crippen LogP contribution in [0.2, 0.25) is 0 Å². The van der Waals surface area contributed by atoms with Crippen LogP contribution in [-0.2, 0) is 5.41 Å². The summed E-state index contributed by atoms with van der Waals surface area (Å²) in [7, 11) is 0. The van der Waals surface area contributed by atoms with Crippen LogP contribution in [0, 0.1) is 0 Å². The van der Waals surface area contributed by atoms with Crippen molar-refractivity contribution in [2.75, 3.05) is 26.4 Å². The van der Waals surface area contributed by atoms with Gasteiger partial charge in [0.15, 0.2) is 11.5 Å². The van der Waals surface area contributed by atoms with Gasteiger partial charge in [0.25, 0.3) is 5.91 Å². The Morgan fingerprint density at radius 2 is 1.90 bits per heavy atom. The lowest BCUT2D eigenvalue weighted by Crippen LogP contribution is -2.36. The van der Waals surface area contributed by atoms with Gasteiger partial charge in [-0.15, -0.1) is 0 Å². The van der Waals surface area contributed by atoms with Crippen molar-refractivity contribution in [1.29, 1.82) is 0 Å². The van der Waals surface area contributed by atoms with Gasteiger partial charge in [0.1, 0.15) is 24.7 Å². The van der Waals surface area contributed by atoms with Crippen LogP contribution < -0.4 is 19.5 Å². The van der Waals surface area contributed by atoms with Gasteiger partial charge in [-0.05, 0) is 42.8 Å². The molecular formula is C23H26N2O4. The van der Waals surface area contributed by atoms with Crippen LogP contribution >= 0.6 is 0 Å². The first-order valence-electron chi connectivity index (χ1n) is 9.90. The fourth-order valence-corrected chi connectivity index (χ4v) is 3.45. The van der Waals surface area contributed by atoms with E-state index in [1.54, 1.807) is 0 Å². The standard InChI is InChI=1S/C23H26N2O4/c1-4-27-17-7-5-15-11-19(25-18(15)13-17)22(26)24-14-23(2,3)16-6-8-20-21(12-16)29-10-9-28-20/h5-8,11-13,25H,4,9-10,14H2,1-3H3,(H,24,26). The van der Waals surface area contributed by atoms with Crippen LogP contribution in [0.1, 0.15) is 36.8 Å². The molecule has 1 aliphatic heterocycles. The number of amides is 1. The number of hydrogen-bond donors (Lipinski definition) is 2. The topological polar surface area (TPSA) is 72.6 Å². The molecule has 2 heterocycles. The minimum Gasteiger partial charge on any atom is -0.494 e. The molecule has 0 radical (unpaired) electrons. The zero-order chi connectivity index (χ0) is 20.4. The molecule has 0 unspecified atom stereocenters. The molecule has 2 N–H and O–H groups in total. The van der Waals surface area contributed by atoms with Crippen LogP contribution in [0.5, 0.6) is 17.2 Å². The van der Waals surface area contributed by atoms with E-state index in [9.17, 15) is 4.79 Å². The number of ether oxygens (including phenoxy) is 3. The summed E-state index contributed by atoms with van der Waals surface area (Å²) < 4.78 is 16.8. The van der Waals surface area contributed by atoms with Gasteiger partial charge in [-0.25, -0.2) is 0 Å². The summed E-state index contributed by atoms with van der Waals surface area (Å²) in [5.74, 6) is 2.18. The molecule has 3 aromatic rings. The van der Waals surface area contributed by atoms with Gasteiger partial charge in [-0.1, -0.05) is 19.9 Å². The number of hydrogen-bond acceptors (Lipinski definition) is 4. The molecule has 1 aliphatic rings.